The maximum Gasteiger partial charge on any atom is 0.154 e. The van der Waals surface area contributed by atoms with E-state index in [0.717, 1.165) is 0 Å². The van der Waals surface area contributed by atoms with Crippen molar-refractivity contribution >= 4 is 5.78 Å². The van der Waals surface area contributed by atoms with Gasteiger partial charge in [-0.05, 0) is 6.42 Å². The quantitative estimate of drug-likeness (QED) is 0.595. The first-order valence-electron chi connectivity index (χ1n) is 3.59. The Labute approximate surface area is 60.5 Å². The smallest absolute Gasteiger partial charge is 0.154 e. The van der Waals surface area contributed by atoms with Crippen molar-refractivity contribution in [1.29, 1.82) is 0 Å². The van der Waals surface area contributed by atoms with Crippen LogP contribution in [-0.2, 0) is 9.53 Å². The second-order valence-electron chi connectivity index (χ2n) is 2.74. The number of Topliss-reactive ketones (excluding diaryl/α,β-unsaturated/α-hetero) is 1. The molecule has 1 heterocycles. The number of nitrogens with two attached hydrogens (primary N) is 1. The highest BCUT2D eigenvalue weighted by Crippen LogP contribution is 2.17. The third-order valence-electron chi connectivity index (χ3n) is 1.93. The van der Waals surface area contributed by atoms with Crippen LogP contribution in [0.3, 0.4) is 0 Å². The normalized spacial score (nSPS) is 32.6. The summed E-state index contributed by atoms with van der Waals surface area (Å²) in [6, 6.07) is 0. The first kappa shape index (κ1) is 7.69. The molecule has 0 saturated carbocycles. The lowest BCUT2D eigenvalue weighted by Gasteiger charge is -2.18. The van der Waals surface area contributed by atoms with Gasteiger partial charge in [-0.3, -0.25) is 4.79 Å². The largest absolute Gasteiger partial charge is 0.379 e. The molecule has 1 fully saturated rings. The number of hydrogen-bond donors (Lipinski definition) is 1. The standard InChI is InChI=1S/C7H13NO2/c1-2-6(9)7(8)3-4-10-5-7/h2-5,8H2,1H3. The zero-order valence-corrected chi connectivity index (χ0v) is 6.22. The first-order valence-corrected chi connectivity index (χ1v) is 3.59. The molecule has 0 aromatic rings. The molecule has 1 atom stereocenters. The average Bonchev–Trinajstić information content (AvgIpc) is 2.36. The van der Waals surface area contributed by atoms with Gasteiger partial charge in [0, 0.05) is 13.0 Å². The maximum absolute atomic E-state index is 11.1. The molecule has 1 aliphatic heterocycles. The monoisotopic (exact) mass is 143 g/mol. The third-order valence-corrected chi connectivity index (χ3v) is 1.93. The molecule has 58 valence electrons. The Morgan fingerprint density at radius 2 is 2.50 bits per heavy atom. The van der Waals surface area contributed by atoms with Crippen molar-refractivity contribution in [3.05, 3.63) is 0 Å². The van der Waals surface area contributed by atoms with Crippen LogP contribution in [0.4, 0.5) is 0 Å². The molecular weight excluding hydrogens is 130 g/mol. The van der Waals surface area contributed by atoms with Crippen LogP contribution in [0, 0.1) is 0 Å². The molecule has 1 unspecified atom stereocenters. The summed E-state index contributed by atoms with van der Waals surface area (Å²) in [6.07, 6.45) is 1.19. The van der Waals surface area contributed by atoms with E-state index >= 15 is 0 Å². The molecule has 3 heteroatoms. The van der Waals surface area contributed by atoms with Crippen LogP contribution in [0.2, 0.25) is 0 Å². The van der Waals surface area contributed by atoms with E-state index in [9.17, 15) is 4.79 Å². The molecule has 0 spiro atoms. The van der Waals surface area contributed by atoms with Crippen molar-refractivity contribution < 1.29 is 9.53 Å². The van der Waals surface area contributed by atoms with E-state index in [4.69, 9.17) is 10.5 Å². The Bertz CT molecular complexity index is 139. The van der Waals surface area contributed by atoms with E-state index in [1.165, 1.54) is 0 Å². The molecule has 0 aromatic heterocycles. The molecule has 2 N–H and O–H groups in total. The van der Waals surface area contributed by atoms with Crippen LogP contribution < -0.4 is 5.73 Å². The molecule has 0 aliphatic carbocycles. The Hall–Kier alpha value is -0.410. The minimum atomic E-state index is -0.658. The highest BCUT2D eigenvalue weighted by Gasteiger charge is 2.36. The number of carbonyl (C=O) groups excluding carboxylic acids is 1. The summed E-state index contributed by atoms with van der Waals surface area (Å²) in [5, 5.41) is 0. The van der Waals surface area contributed by atoms with Gasteiger partial charge in [-0.25, -0.2) is 0 Å². The van der Waals surface area contributed by atoms with E-state index in [0.29, 0.717) is 26.1 Å². The van der Waals surface area contributed by atoms with E-state index in [1.807, 2.05) is 6.92 Å². The zero-order valence-electron chi connectivity index (χ0n) is 6.22. The SMILES string of the molecule is CCC(=O)C1(N)CCOC1. The van der Waals surface area contributed by atoms with Crippen molar-refractivity contribution in [2.24, 2.45) is 5.73 Å². The van der Waals surface area contributed by atoms with Gasteiger partial charge in [0.1, 0.15) is 5.54 Å². The number of carbonyl (C=O) groups is 1. The predicted octanol–water partition coefficient (Wildman–Crippen LogP) is 0.0833. The molecule has 0 amide bonds. The summed E-state index contributed by atoms with van der Waals surface area (Å²) in [6.45, 7) is 2.86. The van der Waals surface area contributed by atoms with Crippen molar-refractivity contribution in [1.82, 2.24) is 0 Å². The van der Waals surface area contributed by atoms with Gasteiger partial charge >= 0.3 is 0 Å². The van der Waals surface area contributed by atoms with Crippen molar-refractivity contribution in [2.75, 3.05) is 13.2 Å². The molecule has 1 rings (SSSR count). The van der Waals surface area contributed by atoms with Gasteiger partial charge in [-0.2, -0.15) is 0 Å². The minimum absolute atomic E-state index is 0.116. The lowest BCUT2D eigenvalue weighted by atomic mass is 9.93. The molecule has 1 saturated heterocycles. The fourth-order valence-corrected chi connectivity index (χ4v) is 1.15. The van der Waals surface area contributed by atoms with Crippen molar-refractivity contribution in [3.63, 3.8) is 0 Å². The van der Waals surface area contributed by atoms with Gasteiger partial charge in [-0.1, -0.05) is 6.92 Å². The highest BCUT2D eigenvalue weighted by molar-refractivity contribution is 5.88. The van der Waals surface area contributed by atoms with Gasteiger partial charge in [0.05, 0.1) is 6.61 Å². The van der Waals surface area contributed by atoms with Gasteiger partial charge in [0.2, 0.25) is 0 Å². The Morgan fingerprint density at radius 1 is 1.80 bits per heavy atom. The Kier molecular flexibility index (Phi) is 2.06. The minimum Gasteiger partial charge on any atom is -0.379 e. The van der Waals surface area contributed by atoms with Crippen LogP contribution in [0.25, 0.3) is 0 Å². The number of ether oxygens (including phenoxy) is 1. The van der Waals surface area contributed by atoms with Crippen LogP contribution in [-0.4, -0.2) is 24.5 Å². The molecule has 1 aliphatic rings. The average molecular weight is 143 g/mol. The highest BCUT2D eigenvalue weighted by atomic mass is 16.5. The topological polar surface area (TPSA) is 52.3 Å². The fraction of sp³-hybridized carbons (Fsp3) is 0.857. The maximum atomic E-state index is 11.1. The Morgan fingerprint density at radius 3 is 2.90 bits per heavy atom. The lowest BCUT2D eigenvalue weighted by molar-refractivity contribution is -0.123. The summed E-state index contributed by atoms with van der Waals surface area (Å²) in [4.78, 5) is 11.1. The van der Waals surface area contributed by atoms with Crippen molar-refractivity contribution in [3.8, 4) is 0 Å². The summed E-state index contributed by atoms with van der Waals surface area (Å²) in [5.41, 5.74) is 5.08. The molecule has 0 bridgehead atoms. The Balaban J connectivity index is 2.58. The molecular formula is C7H13NO2. The van der Waals surface area contributed by atoms with E-state index in [-0.39, 0.29) is 5.78 Å². The van der Waals surface area contributed by atoms with Gasteiger partial charge < -0.3 is 10.5 Å². The van der Waals surface area contributed by atoms with E-state index in [1.54, 1.807) is 0 Å². The number of rotatable bonds is 2. The molecule has 0 aromatic carbocycles. The van der Waals surface area contributed by atoms with Crippen LogP contribution in [0.5, 0.6) is 0 Å². The van der Waals surface area contributed by atoms with Crippen LogP contribution >= 0.6 is 0 Å². The number of ketones is 1. The van der Waals surface area contributed by atoms with Gasteiger partial charge in [0.15, 0.2) is 5.78 Å². The van der Waals surface area contributed by atoms with Crippen molar-refractivity contribution in [2.45, 2.75) is 25.3 Å². The summed E-state index contributed by atoms with van der Waals surface area (Å²) in [7, 11) is 0. The second kappa shape index (κ2) is 2.68. The molecule has 3 nitrogen and oxygen atoms in total. The molecule has 10 heavy (non-hydrogen) atoms. The third kappa shape index (κ3) is 1.20. The van der Waals surface area contributed by atoms with Gasteiger partial charge in [-0.15, -0.1) is 0 Å². The second-order valence-corrected chi connectivity index (χ2v) is 2.74. The van der Waals surface area contributed by atoms with E-state index < -0.39 is 5.54 Å². The molecule has 0 radical (unpaired) electrons. The van der Waals surface area contributed by atoms with E-state index in [2.05, 4.69) is 0 Å². The van der Waals surface area contributed by atoms with Crippen LogP contribution in [0.15, 0.2) is 0 Å². The first-order chi connectivity index (χ1) is 4.69. The summed E-state index contributed by atoms with van der Waals surface area (Å²) in [5.74, 6) is 0.116. The summed E-state index contributed by atoms with van der Waals surface area (Å²) >= 11 is 0. The summed E-state index contributed by atoms with van der Waals surface area (Å²) < 4.78 is 5.04. The fourth-order valence-electron chi connectivity index (χ4n) is 1.15. The zero-order chi connectivity index (χ0) is 7.61. The number of hydrogen-bond acceptors (Lipinski definition) is 3. The van der Waals surface area contributed by atoms with Crippen LogP contribution in [0.1, 0.15) is 19.8 Å². The predicted molar refractivity (Wildman–Crippen MR) is 37.7 cm³/mol. The lowest BCUT2D eigenvalue weighted by Crippen LogP contribution is -2.48. The van der Waals surface area contributed by atoms with Gasteiger partial charge in [0.25, 0.3) is 0 Å².